The van der Waals surface area contributed by atoms with Gasteiger partial charge in [-0.2, -0.15) is 0 Å². The van der Waals surface area contributed by atoms with E-state index in [2.05, 4.69) is 4.18 Å². The third-order valence-electron chi connectivity index (χ3n) is 0.534. The lowest BCUT2D eigenvalue weighted by molar-refractivity contribution is 0.0453. The van der Waals surface area contributed by atoms with Crippen LogP contribution in [0.1, 0.15) is 0 Å². The zero-order valence-corrected chi connectivity index (χ0v) is 3.86. The Morgan fingerprint density at radius 1 is 2.00 bits per heavy atom. The first kappa shape index (κ1) is 4.39. The van der Waals surface area contributed by atoms with Gasteiger partial charge in [0.05, 0.1) is 18.6 Å². The highest BCUT2D eigenvalue weighted by Crippen LogP contribution is 2.42. The summed E-state index contributed by atoms with van der Waals surface area (Å²) >= 11 is 1.00. The van der Waals surface area contributed by atoms with Gasteiger partial charge in [0.2, 0.25) is 0 Å². The lowest BCUT2D eigenvalue weighted by Crippen LogP contribution is -2.19. The molecule has 0 bridgehead atoms. The van der Waals surface area contributed by atoms with Crippen LogP contribution in [0.2, 0.25) is 0 Å². The molecule has 1 unspecified atom stereocenters. The normalized spacial score (nSPS) is 43.0. The molecule has 0 spiro atoms. The van der Waals surface area contributed by atoms with Crippen LogP contribution in [0.15, 0.2) is 0 Å². The Morgan fingerprint density at radius 3 is 2.50 bits per heavy atom. The van der Waals surface area contributed by atoms with Gasteiger partial charge in [-0.05, 0) is 0 Å². The third kappa shape index (κ3) is 0.652. The van der Waals surface area contributed by atoms with Crippen molar-refractivity contribution in [1.29, 1.82) is 0 Å². The largest absolute Gasteiger partial charge is 0.354 e. The lowest BCUT2D eigenvalue weighted by atomic mass is 10.7. The Balaban J connectivity index is 2.28. The predicted octanol–water partition coefficient (Wildman–Crippen LogP) is -0.730. The first-order valence-electron chi connectivity index (χ1n) is 1.56. The van der Waals surface area contributed by atoms with Crippen molar-refractivity contribution in [2.75, 3.05) is 6.54 Å². The molecular weight excluding hydrogens is 102 g/mol. The Hall–Kier alpha value is 0.230. The van der Waals surface area contributed by atoms with Crippen molar-refractivity contribution in [3.05, 3.63) is 0 Å². The molecule has 0 aromatic carbocycles. The van der Waals surface area contributed by atoms with E-state index < -0.39 is 5.12 Å². The molecule has 36 valence electrons. The monoisotopic (exact) mass is 107 g/mol. The van der Waals surface area contributed by atoms with E-state index in [0.717, 1.165) is 12.0 Å². The summed E-state index contributed by atoms with van der Waals surface area (Å²) in [5, 5.41) is 7.54. The molecular formula is C2H5NO2S. The number of hydrogen-bond acceptors (Lipinski definition) is 4. The molecule has 4 heteroatoms. The minimum atomic E-state index is -1.01. The molecule has 3 nitrogen and oxygen atoms in total. The van der Waals surface area contributed by atoms with Gasteiger partial charge >= 0.3 is 0 Å². The molecule has 0 amide bonds. The molecule has 0 aromatic rings. The Bertz CT molecular complexity index is 62.6. The highest BCUT2D eigenvalue weighted by molar-refractivity contribution is 8.01. The van der Waals surface area contributed by atoms with Gasteiger partial charge in [-0.25, -0.2) is 0 Å². The standard InChI is InChI=1S/C2H5NO2S/c3-1-2(4)5-6-2/h4H,1,3H2. The van der Waals surface area contributed by atoms with Gasteiger partial charge in [0.25, 0.3) is 5.12 Å². The Morgan fingerprint density at radius 2 is 2.50 bits per heavy atom. The fourth-order valence-electron chi connectivity index (χ4n) is 0.116. The summed E-state index contributed by atoms with van der Waals surface area (Å²) in [5.41, 5.74) is 4.97. The van der Waals surface area contributed by atoms with Crippen LogP contribution in [0.25, 0.3) is 0 Å². The van der Waals surface area contributed by atoms with Crippen molar-refractivity contribution in [3.63, 3.8) is 0 Å². The van der Waals surface area contributed by atoms with E-state index in [1.54, 1.807) is 0 Å². The molecule has 1 fully saturated rings. The predicted molar refractivity (Wildman–Crippen MR) is 22.7 cm³/mol. The smallest absolute Gasteiger partial charge is 0.265 e. The van der Waals surface area contributed by atoms with Crippen LogP contribution in [0.5, 0.6) is 0 Å². The highest BCUT2D eigenvalue weighted by atomic mass is 32.2. The van der Waals surface area contributed by atoms with Crippen LogP contribution < -0.4 is 5.73 Å². The average Bonchev–Trinajstić information content (AvgIpc) is 2.22. The molecule has 1 atom stereocenters. The van der Waals surface area contributed by atoms with E-state index >= 15 is 0 Å². The van der Waals surface area contributed by atoms with Crippen LogP contribution in [-0.4, -0.2) is 16.8 Å². The van der Waals surface area contributed by atoms with E-state index in [4.69, 9.17) is 10.8 Å². The summed E-state index contributed by atoms with van der Waals surface area (Å²) in [6.45, 7) is 0.178. The molecule has 1 aliphatic heterocycles. The molecule has 3 N–H and O–H groups in total. The number of rotatable bonds is 1. The Kier molecular flexibility index (Phi) is 0.804. The molecule has 1 saturated heterocycles. The topological polar surface area (TPSA) is 58.8 Å². The maximum atomic E-state index is 8.55. The summed E-state index contributed by atoms with van der Waals surface area (Å²) in [5.74, 6) is 0. The van der Waals surface area contributed by atoms with E-state index in [-0.39, 0.29) is 6.54 Å². The zero-order valence-electron chi connectivity index (χ0n) is 3.05. The quantitative estimate of drug-likeness (QED) is 0.342. The maximum absolute atomic E-state index is 8.55. The SMILES string of the molecule is NCC1(O)OS1. The Labute approximate surface area is 39.7 Å². The summed E-state index contributed by atoms with van der Waals surface area (Å²) in [4.78, 5) is 0. The third-order valence-corrected chi connectivity index (χ3v) is 1.25. The molecule has 6 heavy (non-hydrogen) atoms. The van der Waals surface area contributed by atoms with Crippen molar-refractivity contribution in [2.45, 2.75) is 5.12 Å². The van der Waals surface area contributed by atoms with Gasteiger partial charge in [-0.3, -0.25) is 4.18 Å². The highest BCUT2D eigenvalue weighted by Gasteiger charge is 2.43. The van der Waals surface area contributed by atoms with Crippen LogP contribution >= 0.6 is 12.0 Å². The van der Waals surface area contributed by atoms with E-state index in [1.165, 1.54) is 0 Å². The van der Waals surface area contributed by atoms with Gasteiger partial charge in [0, 0.05) is 0 Å². The van der Waals surface area contributed by atoms with Gasteiger partial charge in [-0.15, -0.1) is 0 Å². The fourth-order valence-corrected chi connectivity index (χ4v) is 0.348. The molecule has 0 radical (unpaired) electrons. The molecule has 0 saturated carbocycles. The van der Waals surface area contributed by atoms with Gasteiger partial charge in [0.1, 0.15) is 0 Å². The second-order valence-corrected chi connectivity index (χ2v) is 2.05. The minimum absolute atomic E-state index is 0.178. The summed E-state index contributed by atoms with van der Waals surface area (Å²) < 4.78 is 4.39. The first-order chi connectivity index (χ1) is 2.77. The van der Waals surface area contributed by atoms with Gasteiger partial charge in [0.15, 0.2) is 0 Å². The van der Waals surface area contributed by atoms with E-state index in [9.17, 15) is 0 Å². The number of nitrogens with two attached hydrogens (primary N) is 1. The van der Waals surface area contributed by atoms with Crippen molar-refractivity contribution >= 4 is 12.0 Å². The molecule has 1 heterocycles. The first-order valence-corrected chi connectivity index (χ1v) is 2.30. The number of hydrogen-bond donors (Lipinski definition) is 2. The van der Waals surface area contributed by atoms with Crippen molar-refractivity contribution < 1.29 is 9.29 Å². The van der Waals surface area contributed by atoms with Crippen LogP contribution in [-0.2, 0) is 4.18 Å². The molecule has 0 aromatic heterocycles. The van der Waals surface area contributed by atoms with Crippen molar-refractivity contribution in [3.8, 4) is 0 Å². The van der Waals surface area contributed by atoms with Crippen molar-refractivity contribution in [2.24, 2.45) is 5.73 Å². The van der Waals surface area contributed by atoms with Crippen LogP contribution in [0, 0.1) is 0 Å². The summed E-state index contributed by atoms with van der Waals surface area (Å²) in [6.07, 6.45) is 0. The second-order valence-electron chi connectivity index (χ2n) is 1.08. The summed E-state index contributed by atoms with van der Waals surface area (Å²) in [6, 6.07) is 0. The molecule has 0 aliphatic carbocycles. The van der Waals surface area contributed by atoms with E-state index in [1.807, 2.05) is 0 Å². The van der Waals surface area contributed by atoms with Crippen LogP contribution in [0.4, 0.5) is 0 Å². The van der Waals surface area contributed by atoms with Gasteiger partial charge in [-0.1, -0.05) is 0 Å². The second kappa shape index (κ2) is 1.10. The zero-order chi connectivity index (χ0) is 4.62. The molecule has 1 aliphatic rings. The van der Waals surface area contributed by atoms with E-state index in [0.29, 0.717) is 0 Å². The summed E-state index contributed by atoms with van der Waals surface area (Å²) in [7, 11) is 0. The lowest BCUT2D eigenvalue weighted by Gasteiger charge is -1.88. The minimum Gasteiger partial charge on any atom is -0.354 e. The van der Waals surface area contributed by atoms with Crippen LogP contribution in [0.3, 0.4) is 0 Å². The maximum Gasteiger partial charge on any atom is 0.265 e. The average molecular weight is 107 g/mol. The molecule has 1 rings (SSSR count). The van der Waals surface area contributed by atoms with Crippen molar-refractivity contribution in [1.82, 2.24) is 0 Å². The fraction of sp³-hybridized carbons (Fsp3) is 1.00. The van der Waals surface area contributed by atoms with Gasteiger partial charge < -0.3 is 10.8 Å². The number of aliphatic hydroxyl groups is 1.